The van der Waals surface area contributed by atoms with Gasteiger partial charge < -0.3 is 4.74 Å². The molecular formula is C27H42O2. The van der Waals surface area contributed by atoms with Gasteiger partial charge in [0.2, 0.25) is 0 Å². The summed E-state index contributed by atoms with van der Waals surface area (Å²) >= 11 is 0. The number of hydrogen-bond acceptors (Lipinski definition) is 2. The predicted molar refractivity (Wildman–Crippen MR) is 115 cm³/mol. The molecule has 0 N–H and O–H groups in total. The highest BCUT2D eigenvalue weighted by Gasteiger charge is 2.71. The van der Waals surface area contributed by atoms with Crippen LogP contribution in [0.2, 0.25) is 0 Å². The van der Waals surface area contributed by atoms with Gasteiger partial charge >= 0.3 is 5.97 Å². The van der Waals surface area contributed by atoms with Gasteiger partial charge in [-0.1, -0.05) is 33.6 Å². The molecule has 6 fully saturated rings. The lowest BCUT2D eigenvalue weighted by molar-refractivity contribution is -0.169. The molecule has 2 heteroatoms. The average Bonchev–Trinajstić information content (AvgIpc) is 3.54. The molecule has 6 aliphatic rings. The van der Waals surface area contributed by atoms with Gasteiger partial charge in [-0.15, -0.1) is 0 Å². The highest BCUT2D eigenvalue weighted by molar-refractivity contribution is 5.74. The number of carbonyl (C=O) groups is 1. The topological polar surface area (TPSA) is 26.3 Å². The summed E-state index contributed by atoms with van der Waals surface area (Å²) in [4.78, 5) is 13.4. The van der Waals surface area contributed by atoms with E-state index in [4.69, 9.17) is 4.74 Å². The van der Waals surface area contributed by atoms with Crippen molar-refractivity contribution in [2.75, 3.05) is 0 Å². The van der Waals surface area contributed by atoms with Gasteiger partial charge in [0.1, 0.15) is 5.60 Å². The van der Waals surface area contributed by atoms with Crippen LogP contribution >= 0.6 is 0 Å². The van der Waals surface area contributed by atoms with Gasteiger partial charge in [0.25, 0.3) is 0 Å². The summed E-state index contributed by atoms with van der Waals surface area (Å²) in [5.41, 5.74) is -0.106. The van der Waals surface area contributed by atoms with Crippen LogP contribution in [0.3, 0.4) is 0 Å². The molecule has 29 heavy (non-hydrogen) atoms. The second-order valence-corrected chi connectivity index (χ2v) is 12.1. The molecule has 11 atom stereocenters. The Labute approximate surface area is 177 Å². The largest absolute Gasteiger partial charge is 0.459 e. The number of esters is 1. The molecule has 0 saturated heterocycles. The second kappa shape index (κ2) is 6.73. The lowest BCUT2D eigenvalue weighted by atomic mass is 9.60. The first-order valence-corrected chi connectivity index (χ1v) is 13.3. The number of hydrogen-bond donors (Lipinski definition) is 0. The van der Waals surface area contributed by atoms with Crippen LogP contribution in [0.15, 0.2) is 0 Å². The van der Waals surface area contributed by atoms with Gasteiger partial charge in [0.05, 0.1) is 5.92 Å². The average molecular weight is 399 g/mol. The molecule has 2 nitrogen and oxygen atoms in total. The van der Waals surface area contributed by atoms with Gasteiger partial charge in [0, 0.05) is 0 Å². The van der Waals surface area contributed by atoms with Crippen molar-refractivity contribution in [3.63, 3.8) is 0 Å². The molecule has 0 aromatic rings. The number of rotatable bonds is 5. The third kappa shape index (κ3) is 2.50. The monoisotopic (exact) mass is 398 g/mol. The summed E-state index contributed by atoms with van der Waals surface area (Å²) in [7, 11) is 0. The van der Waals surface area contributed by atoms with E-state index in [2.05, 4.69) is 20.8 Å². The third-order valence-corrected chi connectivity index (χ3v) is 11.6. The van der Waals surface area contributed by atoms with Crippen molar-refractivity contribution in [2.24, 2.45) is 65.1 Å². The minimum absolute atomic E-state index is 0.106. The van der Waals surface area contributed by atoms with Crippen molar-refractivity contribution in [1.29, 1.82) is 0 Å². The molecule has 0 heterocycles. The SMILES string of the molecule is CCC1CC(CC)C2C3CC(C12)C1C2CC(C(=O)OC4(CC)CCCC4)C(C2)C31. The molecule has 6 aliphatic carbocycles. The third-order valence-electron chi connectivity index (χ3n) is 11.6. The predicted octanol–water partition coefficient (Wildman–Crippen LogP) is 6.48. The standard InChI is InChI=1S/C27H42O2/c1-4-15-11-16(5-2)23-21-14-20(22(15)23)24-17-12-18(25(21)24)19(13-17)26(28)29-27(6-3)9-7-8-10-27/h15-25H,4-14H2,1-3H3. The van der Waals surface area contributed by atoms with Crippen molar-refractivity contribution >= 4 is 5.97 Å². The minimum Gasteiger partial charge on any atom is -0.459 e. The van der Waals surface area contributed by atoms with Crippen molar-refractivity contribution in [1.82, 2.24) is 0 Å². The van der Waals surface area contributed by atoms with Crippen molar-refractivity contribution in [3.05, 3.63) is 0 Å². The molecule has 0 spiro atoms. The van der Waals surface area contributed by atoms with Gasteiger partial charge in [-0.2, -0.15) is 0 Å². The van der Waals surface area contributed by atoms with E-state index in [9.17, 15) is 4.79 Å². The van der Waals surface area contributed by atoms with Crippen LogP contribution in [0, 0.1) is 65.1 Å². The van der Waals surface area contributed by atoms with E-state index in [0.29, 0.717) is 5.92 Å². The first kappa shape index (κ1) is 19.2. The van der Waals surface area contributed by atoms with Gasteiger partial charge in [-0.3, -0.25) is 4.79 Å². The molecule has 6 rings (SSSR count). The first-order chi connectivity index (χ1) is 14.1. The van der Waals surface area contributed by atoms with Crippen LogP contribution in [0.25, 0.3) is 0 Å². The van der Waals surface area contributed by atoms with E-state index >= 15 is 0 Å². The Balaban J connectivity index is 1.22. The highest BCUT2D eigenvalue weighted by Crippen LogP contribution is 2.75. The summed E-state index contributed by atoms with van der Waals surface area (Å²) in [5.74, 6) is 9.82. The quantitative estimate of drug-likeness (QED) is 0.391. The Morgan fingerprint density at radius 2 is 1.45 bits per heavy atom. The summed E-state index contributed by atoms with van der Waals surface area (Å²) in [6.45, 7) is 7.11. The van der Waals surface area contributed by atoms with Crippen LogP contribution in [0.5, 0.6) is 0 Å². The van der Waals surface area contributed by atoms with Crippen LogP contribution < -0.4 is 0 Å². The minimum atomic E-state index is -0.106. The Morgan fingerprint density at radius 1 is 0.793 bits per heavy atom. The lowest BCUT2D eigenvalue weighted by Crippen LogP contribution is -2.44. The van der Waals surface area contributed by atoms with E-state index in [0.717, 1.165) is 72.5 Å². The van der Waals surface area contributed by atoms with E-state index in [1.165, 1.54) is 51.4 Å². The zero-order valence-electron chi connectivity index (χ0n) is 18.9. The molecular weight excluding hydrogens is 356 g/mol. The Morgan fingerprint density at radius 3 is 2.07 bits per heavy atom. The second-order valence-electron chi connectivity index (χ2n) is 12.1. The maximum atomic E-state index is 13.4. The molecule has 6 saturated carbocycles. The number of ether oxygens (including phenoxy) is 1. The molecule has 0 amide bonds. The van der Waals surface area contributed by atoms with E-state index in [-0.39, 0.29) is 17.5 Å². The van der Waals surface area contributed by atoms with E-state index < -0.39 is 0 Å². The van der Waals surface area contributed by atoms with Crippen LogP contribution in [-0.2, 0) is 9.53 Å². The fourth-order valence-corrected chi connectivity index (χ4v) is 10.7. The Bertz CT molecular complexity index is 663. The molecule has 0 aliphatic heterocycles. The molecule has 0 radical (unpaired) electrons. The fraction of sp³-hybridized carbons (Fsp3) is 0.963. The summed E-state index contributed by atoms with van der Waals surface area (Å²) in [6.07, 6.45) is 14.0. The van der Waals surface area contributed by atoms with Gasteiger partial charge in [-0.25, -0.2) is 0 Å². The summed E-state index contributed by atoms with van der Waals surface area (Å²) in [5, 5.41) is 0. The normalized spacial score (nSPS) is 53.4. The maximum Gasteiger partial charge on any atom is 0.309 e. The lowest BCUT2D eigenvalue weighted by Gasteiger charge is -2.45. The molecule has 11 unspecified atom stereocenters. The molecule has 0 aromatic heterocycles. The zero-order valence-corrected chi connectivity index (χ0v) is 18.9. The van der Waals surface area contributed by atoms with Crippen molar-refractivity contribution in [2.45, 2.75) is 97.0 Å². The summed E-state index contributed by atoms with van der Waals surface area (Å²) in [6, 6.07) is 0. The Hall–Kier alpha value is -0.530. The number of fused-ring (bicyclic) bond motifs is 12. The summed E-state index contributed by atoms with van der Waals surface area (Å²) < 4.78 is 6.34. The molecule has 162 valence electrons. The molecule has 0 aromatic carbocycles. The van der Waals surface area contributed by atoms with Gasteiger partial charge in [0.15, 0.2) is 0 Å². The fourth-order valence-electron chi connectivity index (χ4n) is 10.7. The van der Waals surface area contributed by atoms with Crippen molar-refractivity contribution < 1.29 is 9.53 Å². The van der Waals surface area contributed by atoms with Crippen LogP contribution in [0.1, 0.15) is 91.4 Å². The maximum absolute atomic E-state index is 13.4. The number of carbonyl (C=O) groups excluding carboxylic acids is 1. The Kier molecular flexibility index (Phi) is 4.45. The highest BCUT2D eigenvalue weighted by atomic mass is 16.6. The smallest absolute Gasteiger partial charge is 0.309 e. The molecule has 4 bridgehead atoms. The van der Waals surface area contributed by atoms with Gasteiger partial charge in [-0.05, 0) is 117 Å². The zero-order chi connectivity index (χ0) is 19.9. The first-order valence-electron chi connectivity index (χ1n) is 13.3. The van der Waals surface area contributed by atoms with E-state index in [1.54, 1.807) is 0 Å². The van der Waals surface area contributed by atoms with Crippen LogP contribution in [-0.4, -0.2) is 11.6 Å². The van der Waals surface area contributed by atoms with Crippen LogP contribution in [0.4, 0.5) is 0 Å². The van der Waals surface area contributed by atoms with Crippen molar-refractivity contribution in [3.8, 4) is 0 Å². The van der Waals surface area contributed by atoms with E-state index in [1.807, 2.05) is 0 Å².